The Labute approximate surface area is 116 Å². The van der Waals surface area contributed by atoms with E-state index in [1.807, 2.05) is 6.92 Å². The Morgan fingerprint density at radius 2 is 2.11 bits per heavy atom. The highest BCUT2D eigenvalue weighted by Crippen LogP contribution is 2.31. The van der Waals surface area contributed by atoms with Crippen LogP contribution in [0.2, 0.25) is 0 Å². The molecule has 19 heavy (non-hydrogen) atoms. The Kier molecular flexibility index (Phi) is 5.79. The third-order valence-electron chi connectivity index (χ3n) is 3.79. The van der Waals surface area contributed by atoms with Crippen molar-refractivity contribution in [1.29, 1.82) is 0 Å². The summed E-state index contributed by atoms with van der Waals surface area (Å²) in [5.74, 6) is -0.0643. The lowest BCUT2D eigenvalue weighted by atomic mass is 9.77. The maximum Gasteiger partial charge on any atom is 0.240 e. The van der Waals surface area contributed by atoms with E-state index >= 15 is 0 Å². The van der Waals surface area contributed by atoms with Gasteiger partial charge in [-0.3, -0.25) is 9.59 Å². The van der Waals surface area contributed by atoms with E-state index in [9.17, 15) is 9.59 Å². The van der Waals surface area contributed by atoms with E-state index in [1.165, 1.54) is 0 Å². The van der Waals surface area contributed by atoms with Gasteiger partial charge in [-0.15, -0.1) is 0 Å². The average molecular weight is 269 g/mol. The van der Waals surface area contributed by atoms with Crippen molar-refractivity contribution in [2.24, 2.45) is 5.41 Å². The Morgan fingerprint density at radius 3 is 2.63 bits per heavy atom. The zero-order valence-corrected chi connectivity index (χ0v) is 12.6. The molecule has 2 amide bonds. The lowest BCUT2D eigenvalue weighted by Gasteiger charge is -2.40. The first-order valence-corrected chi connectivity index (χ1v) is 7.15. The van der Waals surface area contributed by atoms with E-state index in [0.29, 0.717) is 6.54 Å². The summed E-state index contributed by atoms with van der Waals surface area (Å²) < 4.78 is 0. The number of carbonyl (C=O) groups excluding carboxylic acids is 2. The monoisotopic (exact) mass is 269 g/mol. The third kappa shape index (κ3) is 4.20. The van der Waals surface area contributed by atoms with Crippen molar-refractivity contribution in [2.45, 2.75) is 46.1 Å². The molecule has 1 fully saturated rings. The van der Waals surface area contributed by atoms with Crippen LogP contribution in [0.5, 0.6) is 0 Å². The van der Waals surface area contributed by atoms with Crippen LogP contribution in [0.15, 0.2) is 0 Å². The van der Waals surface area contributed by atoms with Crippen molar-refractivity contribution in [1.82, 2.24) is 15.5 Å². The lowest BCUT2D eigenvalue weighted by molar-refractivity contribution is -0.141. The van der Waals surface area contributed by atoms with E-state index in [2.05, 4.69) is 24.5 Å². The molecule has 0 aromatic rings. The van der Waals surface area contributed by atoms with Gasteiger partial charge in [0.15, 0.2) is 0 Å². The van der Waals surface area contributed by atoms with Gasteiger partial charge in [0.2, 0.25) is 11.8 Å². The fourth-order valence-electron chi connectivity index (χ4n) is 2.60. The summed E-state index contributed by atoms with van der Waals surface area (Å²) in [5.41, 5.74) is -0.0516. The standard InChI is InChI=1S/C14H27N3O2/c1-5-9-17(10-11(18)15-4)13(19)12-14(2,3)7-6-8-16-12/h12,16H,5-10H2,1-4H3,(H,15,18). The first-order chi connectivity index (χ1) is 8.92. The second-order valence-electron chi connectivity index (χ2n) is 5.91. The van der Waals surface area contributed by atoms with Gasteiger partial charge in [-0.05, 0) is 31.2 Å². The van der Waals surface area contributed by atoms with E-state index in [-0.39, 0.29) is 29.8 Å². The number of hydrogen-bond donors (Lipinski definition) is 2. The molecule has 1 heterocycles. The van der Waals surface area contributed by atoms with E-state index in [1.54, 1.807) is 11.9 Å². The van der Waals surface area contributed by atoms with Crippen LogP contribution >= 0.6 is 0 Å². The molecular weight excluding hydrogens is 242 g/mol. The zero-order valence-electron chi connectivity index (χ0n) is 12.6. The molecule has 1 unspecified atom stereocenters. The molecule has 1 rings (SSSR count). The molecule has 0 bridgehead atoms. The van der Waals surface area contributed by atoms with Crippen LogP contribution in [-0.4, -0.2) is 49.4 Å². The molecule has 1 aliphatic heterocycles. The van der Waals surface area contributed by atoms with Crippen molar-refractivity contribution in [2.75, 3.05) is 26.7 Å². The Hall–Kier alpha value is -1.10. The largest absolute Gasteiger partial charge is 0.358 e. The van der Waals surface area contributed by atoms with Crippen molar-refractivity contribution in [3.63, 3.8) is 0 Å². The summed E-state index contributed by atoms with van der Waals surface area (Å²) in [6.07, 6.45) is 2.99. The van der Waals surface area contributed by atoms with E-state index in [0.717, 1.165) is 25.8 Å². The van der Waals surface area contributed by atoms with E-state index < -0.39 is 0 Å². The molecule has 0 saturated carbocycles. The van der Waals surface area contributed by atoms with Crippen LogP contribution < -0.4 is 10.6 Å². The lowest BCUT2D eigenvalue weighted by Crippen LogP contribution is -2.57. The summed E-state index contributed by atoms with van der Waals surface area (Å²) in [6.45, 7) is 7.90. The molecule has 110 valence electrons. The maximum atomic E-state index is 12.6. The van der Waals surface area contributed by atoms with Crippen LogP contribution in [0.3, 0.4) is 0 Å². The quantitative estimate of drug-likeness (QED) is 0.774. The van der Waals surface area contributed by atoms with Crippen LogP contribution in [0.4, 0.5) is 0 Å². The minimum atomic E-state index is -0.183. The molecule has 0 aliphatic carbocycles. The number of carbonyl (C=O) groups is 2. The maximum absolute atomic E-state index is 12.6. The van der Waals surface area contributed by atoms with Gasteiger partial charge in [0.1, 0.15) is 0 Å². The zero-order chi connectivity index (χ0) is 14.5. The molecule has 2 N–H and O–H groups in total. The topological polar surface area (TPSA) is 61.4 Å². The average Bonchev–Trinajstić information content (AvgIpc) is 2.36. The normalized spacial score (nSPS) is 21.8. The minimum absolute atomic E-state index is 0.0511. The van der Waals surface area contributed by atoms with Gasteiger partial charge >= 0.3 is 0 Å². The van der Waals surface area contributed by atoms with Crippen molar-refractivity contribution in [3.8, 4) is 0 Å². The Morgan fingerprint density at radius 1 is 1.42 bits per heavy atom. The van der Waals surface area contributed by atoms with Crippen LogP contribution in [-0.2, 0) is 9.59 Å². The Balaban J connectivity index is 2.77. The highest BCUT2D eigenvalue weighted by atomic mass is 16.2. The number of nitrogens with zero attached hydrogens (tertiary/aromatic N) is 1. The molecule has 1 aliphatic rings. The fourth-order valence-corrected chi connectivity index (χ4v) is 2.60. The number of rotatable bonds is 5. The Bertz CT molecular complexity index is 329. The molecule has 0 spiro atoms. The highest BCUT2D eigenvalue weighted by Gasteiger charge is 2.39. The third-order valence-corrected chi connectivity index (χ3v) is 3.79. The molecular formula is C14H27N3O2. The van der Waals surface area contributed by atoms with Gasteiger partial charge in [-0.25, -0.2) is 0 Å². The van der Waals surface area contributed by atoms with Crippen molar-refractivity contribution < 1.29 is 9.59 Å². The van der Waals surface area contributed by atoms with Gasteiger partial charge in [-0.1, -0.05) is 20.8 Å². The van der Waals surface area contributed by atoms with Crippen molar-refractivity contribution in [3.05, 3.63) is 0 Å². The van der Waals surface area contributed by atoms with Gasteiger partial charge in [0.25, 0.3) is 0 Å². The fraction of sp³-hybridized carbons (Fsp3) is 0.857. The minimum Gasteiger partial charge on any atom is -0.358 e. The number of piperidine rings is 1. The van der Waals surface area contributed by atoms with Gasteiger partial charge < -0.3 is 15.5 Å². The van der Waals surface area contributed by atoms with Gasteiger partial charge in [0.05, 0.1) is 12.6 Å². The van der Waals surface area contributed by atoms with Crippen LogP contribution in [0.25, 0.3) is 0 Å². The summed E-state index contributed by atoms with van der Waals surface area (Å²) in [7, 11) is 1.60. The first-order valence-electron chi connectivity index (χ1n) is 7.15. The number of nitrogens with one attached hydrogen (secondary N) is 2. The van der Waals surface area contributed by atoms with Gasteiger partial charge in [-0.2, -0.15) is 0 Å². The number of likely N-dealkylation sites (N-methyl/N-ethyl adjacent to an activating group) is 1. The molecule has 1 atom stereocenters. The predicted octanol–water partition coefficient (Wildman–Crippen LogP) is 0.749. The van der Waals surface area contributed by atoms with Gasteiger partial charge in [0, 0.05) is 13.6 Å². The molecule has 0 aromatic carbocycles. The van der Waals surface area contributed by atoms with E-state index in [4.69, 9.17) is 0 Å². The smallest absolute Gasteiger partial charge is 0.240 e. The first kappa shape index (κ1) is 16.0. The summed E-state index contributed by atoms with van der Waals surface area (Å²) in [6, 6.07) is -0.183. The molecule has 0 radical (unpaired) electrons. The summed E-state index contributed by atoms with van der Waals surface area (Å²) in [4.78, 5) is 25.8. The SMILES string of the molecule is CCCN(CC(=O)NC)C(=O)C1NCCCC1(C)C. The second-order valence-corrected chi connectivity index (χ2v) is 5.91. The van der Waals surface area contributed by atoms with Crippen LogP contribution in [0, 0.1) is 5.41 Å². The second kappa shape index (κ2) is 6.89. The number of amides is 2. The molecule has 5 heteroatoms. The predicted molar refractivity (Wildman–Crippen MR) is 75.7 cm³/mol. The van der Waals surface area contributed by atoms with Crippen molar-refractivity contribution >= 4 is 11.8 Å². The van der Waals surface area contributed by atoms with Crippen LogP contribution in [0.1, 0.15) is 40.0 Å². The summed E-state index contributed by atoms with van der Waals surface area (Å²) >= 11 is 0. The number of hydrogen-bond acceptors (Lipinski definition) is 3. The molecule has 0 aromatic heterocycles. The molecule has 5 nitrogen and oxygen atoms in total. The molecule has 1 saturated heterocycles. The summed E-state index contributed by atoms with van der Waals surface area (Å²) in [5, 5.41) is 5.90. The highest BCUT2D eigenvalue weighted by molar-refractivity contribution is 5.88.